The predicted octanol–water partition coefficient (Wildman–Crippen LogP) is 4.18. The van der Waals surface area contributed by atoms with E-state index in [2.05, 4.69) is 20.8 Å². The number of fused-ring (bicyclic) bond motifs is 1. The Morgan fingerprint density at radius 2 is 2.03 bits per heavy atom. The van der Waals surface area contributed by atoms with Crippen molar-refractivity contribution in [1.82, 2.24) is 24.9 Å². The molecule has 0 radical (unpaired) electrons. The normalized spacial score (nSPS) is 17.9. The lowest BCUT2D eigenvalue weighted by molar-refractivity contribution is -0.173. The molecule has 176 valence electrons. The largest absolute Gasteiger partial charge is 0.497 e. The molecule has 0 spiro atoms. The molecular formula is C21H22ClF3N6O2. The van der Waals surface area contributed by atoms with Crippen LogP contribution in [0.3, 0.4) is 0 Å². The molecule has 8 nitrogen and oxygen atoms in total. The van der Waals surface area contributed by atoms with E-state index in [-0.39, 0.29) is 29.5 Å². The third kappa shape index (κ3) is 4.37. The van der Waals surface area contributed by atoms with Gasteiger partial charge in [-0.1, -0.05) is 23.7 Å². The minimum atomic E-state index is -4.59. The molecule has 2 aromatic heterocycles. The number of aryl methyl sites for hydroxylation is 1. The van der Waals surface area contributed by atoms with Crippen LogP contribution in [0.5, 0.6) is 5.75 Å². The standard InChI is InChI=1S/C21H22ClF3N6O2/c1-11-13(10-27-30(11)2)9-26-20(32)18-17(22)19-28-15(12-4-6-14(33-3)7-5-12)8-16(21(23,24)25)31(19)29-18/h4-7,10,15-16,28H,8-9H2,1-3H3,(H,26,32)/t15-,16+/m1/s1. The van der Waals surface area contributed by atoms with E-state index in [9.17, 15) is 18.0 Å². The van der Waals surface area contributed by atoms with Gasteiger partial charge in [0.25, 0.3) is 5.91 Å². The van der Waals surface area contributed by atoms with Gasteiger partial charge in [0.2, 0.25) is 0 Å². The van der Waals surface area contributed by atoms with E-state index in [4.69, 9.17) is 16.3 Å². The lowest BCUT2D eigenvalue weighted by Gasteiger charge is -2.33. The Morgan fingerprint density at radius 3 is 2.61 bits per heavy atom. The van der Waals surface area contributed by atoms with E-state index in [1.54, 1.807) is 42.2 Å². The van der Waals surface area contributed by atoms with Gasteiger partial charge in [0.1, 0.15) is 16.6 Å². The van der Waals surface area contributed by atoms with Gasteiger partial charge in [0.05, 0.1) is 19.3 Å². The molecule has 0 aliphatic carbocycles. The molecule has 2 atom stereocenters. The van der Waals surface area contributed by atoms with E-state index in [1.807, 2.05) is 6.92 Å². The zero-order chi connectivity index (χ0) is 23.9. The summed E-state index contributed by atoms with van der Waals surface area (Å²) in [6, 6.07) is 4.10. The van der Waals surface area contributed by atoms with Crippen LogP contribution in [0.15, 0.2) is 30.5 Å². The number of aromatic nitrogens is 4. The number of halogens is 4. The Bertz CT molecular complexity index is 1170. The van der Waals surface area contributed by atoms with Gasteiger partial charge in [-0.3, -0.25) is 9.48 Å². The number of alkyl halides is 3. The number of carbonyl (C=O) groups excluding carboxylic acids is 1. The van der Waals surface area contributed by atoms with Crippen molar-refractivity contribution < 1.29 is 22.7 Å². The monoisotopic (exact) mass is 482 g/mol. The Labute approximate surface area is 192 Å². The predicted molar refractivity (Wildman–Crippen MR) is 115 cm³/mol. The molecule has 0 bridgehead atoms. The molecule has 0 unspecified atom stereocenters. The second kappa shape index (κ2) is 8.62. The van der Waals surface area contributed by atoms with Crippen molar-refractivity contribution >= 4 is 23.3 Å². The Morgan fingerprint density at radius 1 is 1.33 bits per heavy atom. The molecule has 0 fully saturated rings. The van der Waals surface area contributed by atoms with Crippen molar-refractivity contribution in [3.8, 4) is 5.75 Å². The molecule has 12 heteroatoms. The molecule has 1 aliphatic heterocycles. The van der Waals surface area contributed by atoms with Crippen LogP contribution in [0, 0.1) is 6.92 Å². The molecule has 2 N–H and O–H groups in total. The van der Waals surface area contributed by atoms with E-state index < -0.39 is 24.2 Å². The van der Waals surface area contributed by atoms with Gasteiger partial charge in [-0.25, -0.2) is 4.68 Å². The summed E-state index contributed by atoms with van der Waals surface area (Å²) in [5, 5.41) is 13.5. The molecule has 3 heterocycles. The molecule has 1 aromatic carbocycles. The number of benzene rings is 1. The van der Waals surface area contributed by atoms with Crippen LogP contribution in [0.2, 0.25) is 5.02 Å². The zero-order valence-corrected chi connectivity index (χ0v) is 18.8. The minimum absolute atomic E-state index is 0.0474. The van der Waals surface area contributed by atoms with Crippen LogP contribution in [-0.4, -0.2) is 38.8 Å². The van der Waals surface area contributed by atoms with Gasteiger partial charge < -0.3 is 15.4 Å². The fourth-order valence-electron chi connectivity index (χ4n) is 3.77. The van der Waals surface area contributed by atoms with Crippen LogP contribution >= 0.6 is 11.6 Å². The highest BCUT2D eigenvalue weighted by Gasteiger charge is 2.47. The highest BCUT2D eigenvalue weighted by Crippen LogP contribution is 2.46. The van der Waals surface area contributed by atoms with Crippen molar-refractivity contribution in [1.29, 1.82) is 0 Å². The molecule has 0 saturated carbocycles. The van der Waals surface area contributed by atoms with Crippen molar-refractivity contribution in [3.05, 3.63) is 58.0 Å². The number of hydrogen-bond donors (Lipinski definition) is 2. The summed E-state index contributed by atoms with van der Waals surface area (Å²) in [4.78, 5) is 12.7. The third-order valence-electron chi connectivity index (χ3n) is 5.81. The first-order chi connectivity index (χ1) is 15.6. The van der Waals surface area contributed by atoms with Crippen LogP contribution in [0.4, 0.5) is 19.0 Å². The fraction of sp³-hybridized carbons (Fsp3) is 0.381. The summed E-state index contributed by atoms with van der Waals surface area (Å²) in [6.45, 7) is 1.98. The average molecular weight is 483 g/mol. The summed E-state index contributed by atoms with van der Waals surface area (Å²) in [5.41, 5.74) is 1.99. The zero-order valence-electron chi connectivity index (χ0n) is 18.1. The fourth-order valence-corrected chi connectivity index (χ4v) is 4.03. The molecule has 4 rings (SSSR count). The Kier molecular flexibility index (Phi) is 6.00. The Balaban J connectivity index is 1.62. The maximum atomic E-state index is 13.9. The highest BCUT2D eigenvalue weighted by atomic mass is 35.5. The van der Waals surface area contributed by atoms with Crippen molar-refractivity contribution in [3.63, 3.8) is 0 Å². The molecule has 0 saturated heterocycles. The van der Waals surface area contributed by atoms with Crippen LogP contribution < -0.4 is 15.4 Å². The summed E-state index contributed by atoms with van der Waals surface area (Å²) >= 11 is 6.36. The van der Waals surface area contributed by atoms with Crippen LogP contribution in [0.1, 0.15) is 45.8 Å². The van der Waals surface area contributed by atoms with Gasteiger partial charge in [0.15, 0.2) is 11.7 Å². The summed E-state index contributed by atoms with van der Waals surface area (Å²) in [5.74, 6) is -0.129. The number of nitrogens with one attached hydrogen (secondary N) is 2. The van der Waals surface area contributed by atoms with Crippen molar-refractivity contribution in [2.75, 3.05) is 12.4 Å². The van der Waals surface area contributed by atoms with E-state index in [0.717, 1.165) is 15.9 Å². The lowest BCUT2D eigenvalue weighted by Crippen LogP contribution is -2.35. The molecule has 1 aliphatic rings. The SMILES string of the molecule is COc1ccc([C@H]2C[C@@H](C(F)(F)F)n3nc(C(=O)NCc4cnn(C)c4C)c(Cl)c3N2)cc1. The van der Waals surface area contributed by atoms with Gasteiger partial charge in [0, 0.05) is 31.3 Å². The first-order valence-electron chi connectivity index (χ1n) is 10.1. The van der Waals surface area contributed by atoms with Gasteiger partial charge in [-0.15, -0.1) is 0 Å². The summed E-state index contributed by atoms with van der Waals surface area (Å²) in [6.07, 6.45) is -3.29. The quantitative estimate of drug-likeness (QED) is 0.570. The second-order valence-electron chi connectivity index (χ2n) is 7.78. The first kappa shape index (κ1) is 23.0. The molecule has 1 amide bonds. The number of amides is 1. The van der Waals surface area contributed by atoms with E-state index in [1.165, 1.54) is 7.11 Å². The summed E-state index contributed by atoms with van der Waals surface area (Å²) < 4.78 is 49.3. The highest BCUT2D eigenvalue weighted by molar-refractivity contribution is 6.36. The van der Waals surface area contributed by atoms with Crippen molar-refractivity contribution in [2.45, 2.75) is 38.1 Å². The summed E-state index contributed by atoms with van der Waals surface area (Å²) in [7, 11) is 3.28. The second-order valence-corrected chi connectivity index (χ2v) is 8.16. The Hall–Kier alpha value is -3.21. The number of ether oxygens (including phenoxy) is 1. The smallest absolute Gasteiger partial charge is 0.410 e. The third-order valence-corrected chi connectivity index (χ3v) is 6.16. The van der Waals surface area contributed by atoms with Crippen molar-refractivity contribution in [2.24, 2.45) is 7.05 Å². The number of anilines is 1. The first-order valence-corrected chi connectivity index (χ1v) is 10.5. The maximum Gasteiger partial charge on any atom is 0.410 e. The van der Waals surface area contributed by atoms with Gasteiger partial charge in [-0.05, 0) is 24.6 Å². The number of hydrogen-bond acceptors (Lipinski definition) is 5. The number of nitrogens with zero attached hydrogens (tertiary/aromatic N) is 4. The maximum absolute atomic E-state index is 13.9. The average Bonchev–Trinajstić information content (AvgIpc) is 3.30. The number of carbonyl (C=O) groups is 1. The topological polar surface area (TPSA) is 86.0 Å². The number of rotatable bonds is 5. The molecular weight excluding hydrogens is 461 g/mol. The lowest BCUT2D eigenvalue weighted by atomic mass is 9.97. The molecule has 33 heavy (non-hydrogen) atoms. The number of methoxy groups -OCH3 is 1. The van der Waals surface area contributed by atoms with Gasteiger partial charge in [-0.2, -0.15) is 23.4 Å². The van der Waals surface area contributed by atoms with Crippen LogP contribution in [-0.2, 0) is 13.6 Å². The van der Waals surface area contributed by atoms with E-state index >= 15 is 0 Å². The van der Waals surface area contributed by atoms with E-state index in [0.29, 0.717) is 11.3 Å². The van der Waals surface area contributed by atoms with Gasteiger partial charge >= 0.3 is 6.18 Å². The molecule has 3 aromatic rings. The minimum Gasteiger partial charge on any atom is -0.497 e. The van der Waals surface area contributed by atoms with Crippen LogP contribution in [0.25, 0.3) is 0 Å².